The van der Waals surface area contributed by atoms with E-state index in [4.69, 9.17) is 14.5 Å². The van der Waals surface area contributed by atoms with Crippen LogP contribution in [0, 0.1) is 0 Å². The van der Waals surface area contributed by atoms with Crippen LogP contribution in [0.3, 0.4) is 0 Å². The van der Waals surface area contributed by atoms with E-state index in [2.05, 4.69) is 46.0 Å². The number of hydrogen-bond donors (Lipinski definition) is 2. The second-order valence-corrected chi connectivity index (χ2v) is 8.80. The summed E-state index contributed by atoms with van der Waals surface area (Å²) in [6.45, 7) is 14.6. The molecule has 9 heteroatoms. The second-order valence-electron chi connectivity index (χ2n) is 7.70. The molecule has 3 heterocycles. The Labute approximate surface area is 191 Å². The van der Waals surface area contributed by atoms with Crippen LogP contribution in [0.5, 0.6) is 0 Å². The number of hydrogen-bond acceptors (Lipinski definition) is 6. The summed E-state index contributed by atoms with van der Waals surface area (Å²) in [5.74, 6) is 3.37. The number of ether oxygens (including phenoxy) is 2. The maximum atomic E-state index is 5.57. The Morgan fingerprint density at radius 2 is 1.79 bits per heavy atom. The first-order valence-corrected chi connectivity index (χ1v) is 11.6. The van der Waals surface area contributed by atoms with Crippen LogP contribution < -0.4 is 10.6 Å². The number of nitrogens with one attached hydrogen (secondary N) is 2. The first kappa shape index (κ1) is 24.5. The van der Waals surface area contributed by atoms with Gasteiger partial charge in [0.05, 0.1) is 38.5 Å². The van der Waals surface area contributed by atoms with Gasteiger partial charge in [-0.3, -0.25) is 14.8 Å². The highest BCUT2D eigenvalue weighted by atomic mass is 127. The molecule has 0 amide bonds. The zero-order valence-electron chi connectivity index (χ0n) is 17.5. The third-order valence-corrected chi connectivity index (χ3v) is 7.11. The molecule has 0 aromatic carbocycles. The first-order valence-electron chi connectivity index (χ1n) is 10.5. The highest BCUT2D eigenvalue weighted by Gasteiger charge is 2.40. The van der Waals surface area contributed by atoms with Crippen LogP contribution in [-0.2, 0) is 9.47 Å². The smallest absolute Gasteiger partial charge is 0.191 e. The SMILES string of the molecule is CCNC(=NCC1(N2CCOCC2)CCSC1)NCC(C)N1CCOCC1.I. The van der Waals surface area contributed by atoms with Gasteiger partial charge in [0.25, 0.3) is 0 Å². The standard InChI is InChI=1S/C19H37N5O2S.HI/c1-3-20-18(21-14-17(2)23-5-9-25-10-6-23)22-15-19(4-13-27-16-19)24-7-11-26-12-8-24;/h17H,3-16H2,1-2H3,(H2,20,21,22);1H. The van der Waals surface area contributed by atoms with E-state index in [1.807, 2.05) is 0 Å². The number of nitrogens with zero attached hydrogens (tertiary/aromatic N) is 3. The molecule has 0 bridgehead atoms. The Morgan fingerprint density at radius 3 is 2.39 bits per heavy atom. The number of morpholine rings is 2. The lowest BCUT2D eigenvalue weighted by molar-refractivity contribution is -0.0104. The summed E-state index contributed by atoms with van der Waals surface area (Å²) in [6, 6.07) is 0.480. The third-order valence-electron chi connectivity index (χ3n) is 5.87. The lowest BCUT2D eigenvalue weighted by Gasteiger charge is -2.42. The van der Waals surface area contributed by atoms with Crippen molar-refractivity contribution in [3.8, 4) is 0 Å². The van der Waals surface area contributed by atoms with Gasteiger partial charge in [-0.2, -0.15) is 11.8 Å². The van der Waals surface area contributed by atoms with E-state index in [9.17, 15) is 0 Å². The van der Waals surface area contributed by atoms with E-state index >= 15 is 0 Å². The van der Waals surface area contributed by atoms with E-state index in [1.165, 1.54) is 17.9 Å². The van der Waals surface area contributed by atoms with Crippen LogP contribution in [0.25, 0.3) is 0 Å². The highest BCUT2D eigenvalue weighted by Crippen LogP contribution is 2.34. The number of guanidine groups is 1. The normalized spacial score (nSPS) is 28.6. The minimum atomic E-state index is 0. The zero-order chi connectivity index (χ0) is 19.0. The molecule has 3 saturated heterocycles. The van der Waals surface area contributed by atoms with Crippen molar-refractivity contribution in [1.29, 1.82) is 0 Å². The average molecular weight is 528 g/mol. The van der Waals surface area contributed by atoms with E-state index < -0.39 is 0 Å². The summed E-state index contributed by atoms with van der Waals surface area (Å²) in [4.78, 5) is 10.1. The number of rotatable bonds is 7. The van der Waals surface area contributed by atoms with Crippen LogP contribution >= 0.6 is 35.7 Å². The van der Waals surface area contributed by atoms with Gasteiger partial charge in [0.1, 0.15) is 0 Å². The molecular formula is C19H38IN5O2S. The maximum Gasteiger partial charge on any atom is 0.191 e. The van der Waals surface area contributed by atoms with Gasteiger partial charge >= 0.3 is 0 Å². The summed E-state index contributed by atoms with van der Waals surface area (Å²) in [7, 11) is 0. The topological polar surface area (TPSA) is 61.4 Å². The maximum absolute atomic E-state index is 5.57. The van der Waals surface area contributed by atoms with Crippen molar-refractivity contribution in [2.24, 2.45) is 4.99 Å². The van der Waals surface area contributed by atoms with Crippen molar-refractivity contribution in [2.75, 3.05) is 83.7 Å². The number of halogens is 1. The molecular weight excluding hydrogens is 489 g/mol. The first-order chi connectivity index (χ1) is 13.2. The van der Waals surface area contributed by atoms with Crippen LogP contribution in [0.2, 0.25) is 0 Å². The minimum absolute atomic E-state index is 0. The summed E-state index contributed by atoms with van der Waals surface area (Å²) < 4.78 is 11.0. The number of thioether (sulfide) groups is 1. The molecule has 0 aromatic rings. The van der Waals surface area contributed by atoms with Crippen molar-refractivity contribution >= 4 is 41.7 Å². The van der Waals surface area contributed by atoms with Gasteiger partial charge in [0.2, 0.25) is 0 Å². The Hall–Kier alpha value is 0.190. The molecule has 7 nitrogen and oxygen atoms in total. The van der Waals surface area contributed by atoms with Gasteiger partial charge < -0.3 is 20.1 Å². The van der Waals surface area contributed by atoms with Gasteiger partial charge in [-0.05, 0) is 26.0 Å². The van der Waals surface area contributed by atoms with Crippen LogP contribution in [0.1, 0.15) is 20.3 Å². The molecule has 164 valence electrons. The van der Waals surface area contributed by atoms with Gasteiger partial charge in [0, 0.05) is 51.1 Å². The van der Waals surface area contributed by atoms with Crippen LogP contribution in [0.15, 0.2) is 4.99 Å². The predicted octanol–water partition coefficient (Wildman–Crippen LogP) is 1.09. The van der Waals surface area contributed by atoms with Crippen molar-refractivity contribution in [2.45, 2.75) is 31.8 Å². The fraction of sp³-hybridized carbons (Fsp3) is 0.947. The van der Waals surface area contributed by atoms with E-state index in [0.29, 0.717) is 6.04 Å². The Morgan fingerprint density at radius 1 is 1.11 bits per heavy atom. The van der Waals surface area contributed by atoms with E-state index in [1.54, 1.807) is 0 Å². The molecule has 3 rings (SSSR count). The Balaban J connectivity index is 0.00000280. The van der Waals surface area contributed by atoms with Crippen molar-refractivity contribution in [1.82, 2.24) is 20.4 Å². The molecule has 0 radical (unpaired) electrons. The van der Waals surface area contributed by atoms with Gasteiger partial charge in [0.15, 0.2) is 5.96 Å². The summed E-state index contributed by atoms with van der Waals surface area (Å²) in [5.41, 5.74) is 0.201. The van der Waals surface area contributed by atoms with Gasteiger partial charge in [-0.1, -0.05) is 0 Å². The van der Waals surface area contributed by atoms with Gasteiger partial charge in [-0.15, -0.1) is 24.0 Å². The predicted molar refractivity (Wildman–Crippen MR) is 128 cm³/mol. The second kappa shape index (κ2) is 12.8. The molecule has 2 unspecified atom stereocenters. The molecule has 3 aliphatic heterocycles. The van der Waals surface area contributed by atoms with E-state index in [-0.39, 0.29) is 29.5 Å². The molecule has 2 N–H and O–H groups in total. The summed E-state index contributed by atoms with van der Waals surface area (Å²) >= 11 is 2.07. The Kier molecular flexibility index (Phi) is 11.2. The van der Waals surface area contributed by atoms with Crippen LogP contribution in [0.4, 0.5) is 0 Å². The van der Waals surface area contributed by atoms with E-state index in [0.717, 1.165) is 78.2 Å². The van der Waals surface area contributed by atoms with Crippen LogP contribution in [-0.4, -0.2) is 111 Å². The minimum Gasteiger partial charge on any atom is -0.379 e. The molecule has 0 saturated carbocycles. The summed E-state index contributed by atoms with van der Waals surface area (Å²) in [5, 5.41) is 7.00. The molecule has 3 aliphatic rings. The molecule has 0 aromatic heterocycles. The molecule has 0 aliphatic carbocycles. The summed E-state index contributed by atoms with van der Waals surface area (Å²) in [6.07, 6.45) is 1.23. The monoisotopic (exact) mass is 527 g/mol. The number of aliphatic imine (C=N–C) groups is 1. The average Bonchev–Trinajstić information content (AvgIpc) is 3.21. The van der Waals surface area contributed by atoms with Gasteiger partial charge in [-0.25, -0.2) is 0 Å². The lowest BCUT2D eigenvalue weighted by atomic mass is 9.96. The Bertz CT molecular complexity index is 467. The van der Waals surface area contributed by atoms with Crippen molar-refractivity contribution in [3.05, 3.63) is 0 Å². The quantitative estimate of drug-likeness (QED) is 0.292. The lowest BCUT2D eigenvalue weighted by Crippen LogP contribution is -2.56. The fourth-order valence-corrected chi connectivity index (χ4v) is 5.53. The van der Waals surface area contributed by atoms with Crippen molar-refractivity contribution < 1.29 is 9.47 Å². The molecule has 2 atom stereocenters. The van der Waals surface area contributed by atoms with Crippen molar-refractivity contribution in [3.63, 3.8) is 0 Å². The zero-order valence-corrected chi connectivity index (χ0v) is 20.6. The molecule has 28 heavy (non-hydrogen) atoms. The molecule has 0 spiro atoms. The third kappa shape index (κ3) is 6.87. The molecule has 3 fully saturated rings. The highest BCUT2D eigenvalue weighted by molar-refractivity contribution is 14.0. The fourth-order valence-electron chi connectivity index (χ4n) is 4.07. The largest absolute Gasteiger partial charge is 0.379 e.